The smallest absolute Gasteiger partial charge is 0.238 e. The lowest BCUT2D eigenvalue weighted by Gasteiger charge is -2.21. The number of aromatic nitrogens is 8. The van der Waals surface area contributed by atoms with E-state index >= 15 is 0 Å². The van der Waals surface area contributed by atoms with E-state index in [9.17, 15) is 0 Å². The van der Waals surface area contributed by atoms with E-state index in [4.69, 9.17) is 29.9 Å². The van der Waals surface area contributed by atoms with Crippen molar-refractivity contribution in [3.05, 3.63) is 230 Å². The van der Waals surface area contributed by atoms with E-state index in [1.54, 1.807) is 0 Å². The highest BCUT2D eigenvalue weighted by Crippen LogP contribution is 2.49. The monoisotopic (exact) mass is 910 g/mol. The first-order chi connectivity index (χ1) is 35.0. The second-order valence-electron chi connectivity index (χ2n) is 18.7. The van der Waals surface area contributed by atoms with E-state index in [0.29, 0.717) is 35.1 Å². The van der Waals surface area contributed by atoms with Gasteiger partial charge in [0, 0.05) is 60.5 Å². The summed E-state index contributed by atoms with van der Waals surface area (Å²) in [4.78, 5) is 31.4. The van der Waals surface area contributed by atoms with Crippen LogP contribution in [0.15, 0.2) is 218 Å². The van der Waals surface area contributed by atoms with Crippen LogP contribution in [-0.2, 0) is 5.41 Å². The predicted molar refractivity (Wildman–Crippen MR) is 287 cm³/mol. The van der Waals surface area contributed by atoms with E-state index in [0.717, 1.165) is 77.1 Å². The summed E-state index contributed by atoms with van der Waals surface area (Å²) in [6.45, 7) is 4.61. The van der Waals surface area contributed by atoms with E-state index in [2.05, 4.69) is 163 Å². The number of hydrogen-bond acceptors (Lipinski definition) is 6. The van der Waals surface area contributed by atoms with Crippen molar-refractivity contribution < 1.29 is 0 Å². The molecule has 9 aromatic carbocycles. The first-order valence-electron chi connectivity index (χ1n) is 24.0. The Labute approximate surface area is 409 Å². The van der Waals surface area contributed by atoms with Crippen LogP contribution in [0.4, 0.5) is 0 Å². The Hall–Kier alpha value is -9.40. The maximum atomic E-state index is 5.31. The van der Waals surface area contributed by atoms with Crippen LogP contribution < -0.4 is 0 Å². The van der Waals surface area contributed by atoms with Crippen molar-refractivity contribution in [2.45, 2.75) is 19.3 Å². The van der Waals surface area contributed by atoms with Gasteiger partial charge in [0.2, 0.25) is 5.95 Å². The predicted octanol–water partition coefficient (Wildman–Crippen LogP) is 14.9. The molecule has 0 N–H and O–H groups in total. The number of nitrogens with zero attached hydrogens (tertiary/aromatic N) is 8. The Morgan fingerprint density at radius 3 is 1.34 bits per heavy atom. The summed E-state index contributed by atoms with van der Waals surface area (Å²) in [6.07, 6.45) is 0. The fourth-order valence-electron chi connectivity index (χ4n) is 10.9. The molecule has 0 saturated heterocycles. The molecular weight excluding hydrogens is 869 g/mol. The maximum absolute atomic E-state index is 5.31. The number of rotatable bonds is 7. The highest BCUT2D eigenvalue weighted by molar-refractivity contribution is 6.23. The van der Waals surface area contributed by atoms with Crippen molar-refractivity contribution in [1.29, 1.82) is 0 Å². The van der Waals surface area contributed by atoms with E-state index in [1.165, 1.54) is 22.3 Å². The van der Waals surface area contributed by atoms with E-state index in [1.807, 2.05) is 78.9 Å². The summed E-state index contributed by atoms with van der Waals surface area (Å²) >= 11 is 0. The lowest BCUT2D eigenvalue weighted by atomic mass is 9.82. The van der Waals surface area contributed by atoms with Gasteiger partial charge in [-0.25, -0.2) is 19.9 Å². The Balaban J connectivity index is 1.00. The van der Waals surface area contributed by atoms with Gasteiger partial charge >= 0.3 is 0 Å². The molecule has 0 saturated carbocycles. The Morgan fingerprint density at radius 2 is 0.746 bits per heavy atom. The zero-order valence-corrected chi connectivity index (χ0v) is 38.9. The van der Waals surface area contributed by atoms with Crippen LogP contribution in [0.5, 0.6) is 0 Å². The quantitative estimate of drug-likeness (QED) is 0.158. The van der Waals surface area contributed by atoms with Gasteiger partial charge in [-0.3, -0.25) is 4.57 Å². The zero-order chi connectivity index (χ0) is 47.2. The second-order valence-corrected chi connectivity index (χ2v) is 18.7. The summed E-state index contributed by atoms with van der Waals surface area (Å²) < 4.78 is 4.61. The SMILES string of the molecule is CC1(C)c2ccccc2-c2ccc(-c3nc(-c4ccccc4)nc(-c4cccc(-n5c6ccccc6c6ccc7c8ccccc8n(-c8nc(-c9ccccc9)nc(-c9ccccc9)n8)c7c65)c4)n3)cc21. The summed E-state index contributed by atoms with van der Waals surface area (Å²) in [6, 6.07) is 76.1. The standard InChI is InChI=1S/C63H42N8/c1-63(2)51-30-15-12-27-45(51)46-34-33-43(38-52(46)63)61-65-57(39-19-6-3-7-20-39)64-60(67-61)42-25-18-26-44(37-42)70-53-31-16-13-28-47(53)49-35-36-50-48-29-14-17-32-54(48)71(56(50)55(49)70)62-68-58(40-21-8-4-9-22-40)66-59(69-62)41-23-10-5-11-24-41/h3-38H,1-2H3. The van der Waals surface area contributed by atoms with Gasteiger partial charge < -0.3 is 4.57 Å². The van der Waals surface area contributed by atoms with Gasteiger partial charge in [-0.05, 0) is 52.6 Å². The molecule has 8 nitrogen and oxygen atoms in total. The molecule has 0 unspecified atom stereocenters. The Kier molecular flexibility index (Phi) is 9.06. The van der Waals surface area contributed by atoms with Crippen molar-refractivity contribution >= 4 is 43.6 Å². The van der Waals surface area contributed by atoms with Gasteiger partial charge in [0.05, 0.1) is 22.1 Å². The molecule has 14 rings (SSSR count). The van der Waals surface area contributed by atoms with Gasteiger partial charge in [-0.2, -0.15) is 9.97 Å². The second kappa shape index (κ2) is 15.8. The minimum absolute atomic E-state index is 0.175. The van der Waals surface area contributed by atoms with Crippen molar-refractivity contribution in [2.75, 3.05) is 0 Å². The molecular formula is C63H42N8. The number of para-hydroxylation sites is 2. The molecule has 13 aromatic rings. The third-order valence-electron chi connectivity index (χ3n) is 14.2. The van der Waals surface area contributed by atoms with Crippen molar-refractivity contribution in [3.63, 3.8) is 0 Å². The van der Waals surface area contributed by atoms with Gasteiger partial charge in [0.25, 0.3) is 0 Å². The molecule has 0 bridgehead atoms. The summed E-state index contributed by atoms with van der Waals surface area (Å²) in [5.41, 5.74) is 14.6. The van der Waals surface area contributed by atoms with Crippen LogP contribution in [0.3, 0.4) is 0 Å². The molecule has 0 fully saturated rings. The first-order valence-corrected chi connectivity index (χ1v) is 24.0. The third-order valence-corrected chi connectivity index (χ3v) is 14.2. The molecule has 0 spiro atoms. The molecule has 1 aliphatic rings. The van der Waals surface area contributed by atoms with Crippen molar-refractivity contribution in [1.82, 2.24) is 39.0 Å². The fourth-order valence-corrected chi connectivity index (χ4v) is 10.9. The molecule has 71 heavy (non-hydrogen) atoms. The van der Waals surface area contributed by atoms with E-state index in [-0.39, 0.29) is 5.41 Å². The van der Waals surface area contributed by atoms with Crippen LogP contribution in [0.2, 0.25) is 0 Å². The largest absolute Gasteiger partial charge is 0.307 e. The highest BCUT2D eigenvalue weighted by Gasteiger charge is 2.35. The zero-order valence-electron chi connectivity index (χ0n) is 38.9. The van der Waals surface area contributed by atoms with Crippen LogP contribution in [0.1, 0.15) is 25.0 Å². The Morgan fingerprint density at radius 1 is 0.310 bits per heavy atom. The molecule has 334 valence electrons. The summed E-state index contributed by atoms with van der Waals surface area (Å²) in [5.74, 6) is 3.56. The summed E-state index contributed by atoms with van der Waals surface area (Å²) in [5, 5.41) is 4.43. The highest BCUT2D eigenvalue weighted by atomic mass is 15.2. The maximum Gasteiger partial charge on any atom is 0.238 e. The van der Waals surface area contributed by atoms with Crippen molar-refractivity contribution in [3.8, 4) is 79.7 Å². The topological polar surface area (TPSA) is 87.2 Å². The van der Waals surface area contributed by atoms with Crippen LogP contribution in [-0.4, -0.2) is 39.0 Å². The van der Waals surface area contributed by atoms with Crippen LogP contribution in [0, 0.1) is 0 Å². The van der Waals surface area contributed by atoms with E-state index < -0.39 is 0 Å². The molecule has 4 heterocycles. The molecule has 4 aromatic heterocycles. The van der Waals surface area contributed by atoms with Crippen LogP contribution >= 0.6 is 0 Å². The summed E-state index contributed by atoms with van der Waals surface area (Å²) in [7, 11) is 0. The van der Waals surface area contributed by atoms with Gasteiger partial charge in [-0.1, -0.05) is 202 Å². The molecule has 0 aliphatic heterocycles. The van der Waals surface area contributed by atoms with Gasteiger partial charge in [0.15, 0.2) is 29.1 Å². The Bertz CT molecular complexity index is 4190. The lowest BCUT2D eigenvalue weighted by molar-refractivity contribution is 0.660. The van der Waals surface area contributed by atoms with Gasteiger partial charge in [-0.15, -0.1) is 0 Å². The first kappa shape index (κ1) is 40.6. The lowest BCUT2D eigenvalue weighted by Crippen LogP contribution is -2.15. The van der Waals surface area contributed by atoms with Crippen molar-refractivity contribution in [2.24, 2.45) is 0 Å². The minimum atomic E-state index is -0.175. The molecule has 1 aliphatic carbocycles. The normalized spacial score (nSPS) is 12.8. The number of fused-ring (bicyclic) bond motifs is 10. The molecule has 0 atom stereocenters. The third kappa shape index (κ3) is 6.45. The molecule has 8 heteroatoms. The average molecular weight is 911 g/mol. The fraction of sp³-hybridized carbons (Fsp3) is 0.0476. The number of benzene rings is 9. The molecule has 0 amide bonds. The van der Waals surface area contributed by atoms with Gasteiger partial charge in [0.1, 0.15) is 0 Å². The minimum Gasteiger partial charge on any atom is -0.307 e. The molecule has 0 radical (unpaired) electrons. The number of hydrogen-bond donors (Lipinski definition) is 0. The average Bonchev–Trinajstić information content (AvgIpc) is 4.04. The van der Waals surface area contributed by atoms with Crippen LogP contribution in [0.25, 0.3) is 123 Å².